The fraction of sp³-hybridized carbons (Fsp3) is 0.0164. The van der Waals surface area contributed by atoms with Gasteiger partial charge in [-0.15, -0.1) is 0 Å². The summed E-state index contributed by atoms with van der Waals surface area (Å²) in [4.78, 5) is 0. The van der Waals surface area contributed by atoms with E-state index in [1.54, 1.807) is 0 Å². The molecule has 0 N–H and O–H groups in total. The molecule has 0 amide bonds. The lowest BCUT2D eigenvalue weighted by Crippen LogP contribution is -2.28. The fourth-order valence-corrected chi connectivity index (χ4v) is 11.0. The van der Waals surface area contributed by atoms with Crippen LogP contribution in [0.3, 0.4) is 0 Å². The molecule has 2 aromatic heterocycles. The van der Waals surface area contributed by atoms with Crippen LogP contribution in [0.2, 0.25) is 0 Å². The molecule has 2 nitrogen and oxygen atoms in total. The van der Waals surface area contributed by atoms with Crippen molar-refractivity contribution in [3.63, 3.8) is 0 Å². The molecule has 12 aromatic rings. The van der Waals surface area contributed by atoms with Crippen molar-refractivity contribution in [1.82, 2.24) is 9.13 Å². The van der Waals surface area contributed by atoms with Crippen molar-refractivity contribution in [2.45, 2.75) is 5.41 Å². The van der Waals surface area contributed by atoms with Crippen LogP contribution in [0.15, 0.2) is 243 Å². The molecule has 1 aliphatic carbocycles. The Kier molecular flexibility index (Phi) is 7.85. The summed E-state index contributed by atoms with van der Waals surface area (Å²) in [6.45, 7) is 0. The van der Waals surface area contributed by atoms with Crippen molar-refractivity contribution in [3.05, 3.63) is 265 Å². The Morgan fingerprint density at radius 2 is 0.841 bits per heavy atom. The van der Waals surface area contributed by atoms with Gasteiger partial charge in [0.05, 0.1) is 27.5 Å². The summed E-state index contributed by atoms with van der Waals surface area (Å²) in [5.74, 6) is 0. The van der Waals surface area contributed by atoms with E-state index in [0.29, 0.717) is 0 Å². The van der Waals surface area contributed by atoms with Crippen LogP contribution in [0.1, 0.15) is 22.3 Å². The second kappa shape index (κ2) is 13.9. The van der Waals surface area contributed by atoms with Gasteiger partial charge in [-0.25, -0.2) is 0 Å². The van der Waals surface area contributed by atoms with Crippen LogP contribution in [-0.4, -0.2) is 9.13 Å². The highest BCUT2D eigenvalue weighted by atomic mass is 15.0. The van der Waals surface area contributed by atoms with Crippen LogP contribution in [-0.2, 0) is 5.41 Å². The number of rotatable bonds is 6. The number of fused-ring (bicyclic) bond motifs is 9. The summed E-state index contributed by atoms with van der Waals surface area (Å²) in [5, 5.41) is 4.95. The zero-order valence-corrected chi connectivity index (χ0v) is 34.5. The Balaban J connectivity index is 1.07. The minimum absolute atomic E-state index is 0.482. The molecule has 0 atom stereocenters. The number of nitrogens with zero attached hydrogens (tertiary/aromatic N) is 2. The van der Waals surface area contributed by atoms with Crippen LogP contribution in [0, 0.1) is 0 Å². The minimum Gasteiger partial charge on any atom is -0.309 e. The molecule has 0 fully saturated rings. The summed E-state index contributed by atoms with van der Waals surface area (Å²) in [5.41, 5.74) is 19.1. The molecule has 63 heavy (non-hydrogen) atoms. The zero-order valence-electron chi connectivity index (χ0n) is 34.5. The fourth-order valence-electron chi connectivity index (χ4n) is 11.0. The van der Waals surface area contributed by atoms with E-state index >= 15 is 0 Å². The highest BCUT2D eigenvalue weighted by Gasteiger charge is 2.46. The van der Waals surface area contributed by atoms with Crippen LogP contribution in [0.5, 0.6) is 0 Å². The maximum Gasteiger partial charge on any atom is 0.0713 e. The predicted molar refractivity (Wildman–Crippen MR) is 263 cm³/mol. The molecule has 0 spiro atoms. The van der Waals surface area contributed by atoms with Gasteiger partial charge in [-0.3, -0.25) is 0 Å². The van der Waals surface area contributed by atoms with E-state index in [2.05, 4.69) is 252 Å². The van der Waals surface area contributed by atoms with Gasteiger partial charge in [-0.1, -0.05) is 194 Å². The van der Waals surface area contributed by atoms with Gasteiger partial charge in [-0.05, 0) is 98.6 Å². The van der Waals surface area contributed by atoms with Crippen molar-refractivity contribution in [2.75, 3.05) is 0 Å². The lowest BCUT2D eigenvalue weighted by molar-refractivity contribution is 0.770. The first-order valence-corrected chi connectivity index (χ1v) is 21.8. The number of benzene rings is 10. The van der Waals surface area contributed by atoms with E-state index in [4.69, 9.17) is 0 Å². The van der Waals surface area contributed by atoms with Gasteiger partial charge in [0.1, 0.15) is 0 Å². The molecule has 2 heterocycles. The molecule has 0 aliphatic heterocycles. The normalized spacial score (nSPS) is 12.9. The molecule has 0 saturated carbocycles. The second-order valence-corrected chi connectivity index (χ2v) is 16.8. The largest absolute Gasteiger partial charge is 0.309 e. The number of para-hydroxylation sites is 3. The molecule has 0 radical (unpaired) electrons. The Labute approximate surface area is 366 Å². The highest BCUT2D eigenvalue weighted by molar-refractivity contribution is 6.15. The molecule has 0 bridgehead atoms. The summed E-state index contributed by atoms with van der Waals surface area (Å²) in [6, 6.07) is 89.6. The molecule has 10 aromatic carbocycles. The van der Waals surface area contributed by atoms with Crippen molar-refractivity contribution in [1.29, 1.82) is 0 Å². The summed E-state index contributed by atoms with van der Waals surface area (Å²) in [6.07, 6.45) is 0. The van der Waals surface area contributed by atoms with Gasteiger partial charge in [0, 0.05) is 38.5 Å². The van der Waals surface area contributed by atoms with E-state index in [0.717, 1.165) is 11.4 Å². The second-order valence-electron chi connectivity index (χ2n) is 16.8. The quantitative estimate of drug-likeness (QED) is 0.159. The molecular formula is C61H40N2. The van der Waals surface area contributed by atoms with Crippen LogP contribution >= 0.6 is 0 Å². The van der Waals surface area contributed by atoms with Crippen molar-refractivity contribution >= 4 is 43.6 Å². The molecule has 294 valence electrons. The Morgan fingerprint density at radius 3 is 1.62 bits per heavy atom. The summed E-state index contributed by atoms with van der Waals surface area (Å²) >= 11 is 0. The summed E-state index contributed by atoms with van der Waals surface area (Å²) < 4.78 is 4.93. The van der Waals surface area contributed by atoms with E-state index in [-0.39, 0.29) is 0 Å². The van der Waals surface area contributed by atoms with Crippen molar-refractivity contribution < 1.29 is 0 Å². The number of aromatic nitrogens is 2. The van der Waals surface area contributed by atoms with E-state index < -0.39 is 5.41 Å². The van der Waals surface area contributed by atoms with E-state index in [9.17, 15) is 0 Å². The van der Waals surface area contributed by atoms with Gasteiger partial charge < -0.3 is 9.13 Å². The Morgan fingerprint density at radius 1 is 0.270 bits per heavy atom. The SMILES string of the molecule is c1ccc(-c2cccc(-n3c4ccccc4c4cccc(-c5ccc6c7cc(C8(c9ccccc9)c9ccccc9-c9ccccc98)ccc7n(-c7ccccc7)c6c5)c43)c2)cc1. The van der Waals surface area contributed by atoms with Crippen LogP contribution in [0.25, 0.3) is 88.4 Å². The monoisotopic (exact) mass is 800 g/mol. The molecular weight excluding hydrogens is 761 g/mol. The van der Waals surface area contributed by atoms with Gasteiger partial charge in [0.15, 0.2) is 0 Å². The van der Waals surface area contributed by atoms with E-state index in [1.807, 2.05) is 0 Å². The smallest absolute Gasteiger partial charge is 0.0713 e. The first-order chi connectivity index (χ1) is 31.3. The average molecular weight is 801 g/mol. The number of hydrogen-bond acceptors (Lipinski definition) is 0. The first-order valence-electron chi connectivity index (χ1n) is 21.8. The van der Waals surface area contributed by atoms with Gasteiger partial charge >= 0.3 is 0 Å². The van der Waals surface area contributed by atoms with Crippen LogP contribution in [0.4, 0.5) is 0 Å². The van der Waals surface area contributed by atoms with Crippen molar-refractivity contribution in [3.8, 4) is 44.8 Å². The third-order valence-corrected chi connectivity index (χ3v) is 13.6. The van der Waals surface area contributed by atoms with Crippen molar-refractivity contribution in [2.24, 2.45) is 0 Å². The van der Waals surface area contributed by atoms with Crippen LogP contribution < -0.4 is 0 Å². The maximum atomic E-state index is 2.49. The van der Waals surface area contributed by atoms with Gasteiger partial charge in [-0.2, -0.15) is 0 Å². The maximum absolute atomic E-state index is 2.49. The topological polar surface area (TPSA) is 9.86 Å². The highest BCUT2D eigenvalue weighted by Crippen LogP contribution is 2.56. The summed E-state index contributed by atoms with van der Waals surface area (Å²) in [7, 11) is 0. The lowest BCUT2D eigenvalue weighted by atomic mass is 9.67. The molecule has 0 unspecified atom stereocenters. The molecule has 2 heteroatoms. The van der Waals surface area contributed by atoms with Gasteiger partial charge in [0.25, 0.3) is 0 Å². The third kappa shape index (κ3) is 5.19. The first kappa shape index (κ1) is 35.5. The molecule has 1 aliphatic rings. The molecule has 0 saturated heterocycles. The standard InChI is InChI=1S/C61H40N2/c1-4-18-41(19-5-1)42-20-16-25-47(38-42)63-57-33-15-12-28-51(57)53-30-17-29-48(60(53)63)43-34-36-52-54-40-45(35-37-58(54)62(59(52)39-43)46-23-8-3-9-24-46)61(44-21-6-2-7-22-44)55-31-13-10-26-49(55)50-27-11-14-32-56(50)61/h1-40H. The Bertz CT molecular complexity index is 3680. The lowest BCUT2D eigenvalue weighted by Gasteiger charge is -2.34. The average Bonchev–Trinajstić information content (AvgIpc) is 3.99. The zero-order chi connectivity index (χ0) is 41.5. The predicted octanol–water partition coefficient (Wildman–Crippen LogP) is 15.6. The van der Waals surface area contributed by atoms with Gasteiger partial charge in [0.2, 0.25) is 0 Å². The Hall–Kier alpha value is -8.20. The van der Waals surface area contributed by atoms with E-state index in [1.165, 1.54) is 99.2 Å². The minimum atomic E-state index is -0.482. The number of hydrogen-bond donors (Lipinski definition) is 0. The third-order valence-electron chi connectivity index (χ3n) is 13.6. The molecule has 13 rings (SSSR count).